The van der Waals surface area contributed by atoms with E-state index >= 15 is 0 Å². The molecule has 1 aromatic carbocycles. The first kappa shape index (κ1) is 19.5. The van der Waals surface area contributed by atoms with Crippen LogP contribution < -0.4 is 15.5 Å². The molecule has 154 valence electrons. The number of carbonyl (C=O) groups is 4. The Bertz CT molecular complexity index is 870. The fourth-order valence-electron chi connectivity index (χ4n) is 4.25. The van der Waals surface area contributed by atoms with Crippen molar-refractivity contribution < 1.29 is 23.9 Å². The zero-order valence-corrected chi connectivity index (χ0v) is 16.3. The molecule has 3 aliphatic heterocycles. The molecular weight excluding hydrogens is 376 g/mol. The molecule has 2 atom stereocenters. The molecule has 3 aliphatic rings. The van der Waals surface area contributed by atoms with E-state index in [1.165, 1.54) is 0 Å². The lowest BCUT2D eigenvalue weighted by Crippen LogP contribution is -2.54. The van der Waals surface area contributed by atoms with Crippen LogP contribution in [0, 0.1) is 0 Å². The summed E-state index contributed by atoms with van der Waals surface area (Å²) in [6.45, 7) is 3.06. The number of nitrogens with one attached hydrogen (secondary N) is 2. The molecular formula is C20H24N4O5. The number of amides is 4. The van der Waals surface area contributed by atoms with Crippen LogP contribution >= 0.6 is 0 Å². The Hall–Kier alpha value is -2.78. The summed E-state index contributed by atoms with van der Waals surface area (Å²) in [6.07, 6.45) is 1.10. The summed E-state index contributed by atoms with van der Waals surface area (Å²) in [5.41, 5.74) is 1.48. The van der Waals surface area contributed by atoms with Gasteiger partial charge in [-0.1, -0.05) is 0 Å². The SMILES string of the molecule is COCCC1CNCCN1c1ccc2c(c1)C(=O)N(C1CCC(=O)NC1=O)C2=O. The minimum absolute atomic E-state index is 0.108. The number of benzene rings is 1. The summed E-state index contributed by atoms with van der Waals surface area (Å²) in [6, 6.07) is 4.53. The second-order valence-electron chi connectivity index (χ2n) is 7.51. The second-order valence-corrected chi connectivity index (χ2v) is 7.51. The van der Waals surface area contributed by atoms with E-state index in [0.29, 0.717) is 17.7 Å². The molecule has 2 saturated heterocycles. The number of ether oxygens (including phenoxy) is 1. The molecule has 1 aromatic rings. The highest BCUT2D eigenvalue weighted by molar-refractivity contribution is 6.23. The van der Waals surface area contributed by atoms with Gasteiger partial charge >= 0.3 is 0 Å². The average molecular weight is 400 g/mol. The molecule has 0 radical (unpaired) electrons. The van der Waals surface area contributed by atoms with E-state index in [-0.39, 0.29) is 24.8 Å². The Labute approximate surface area is 168 Å². The van der Waals surface area contributed by atoms with Crippen LogP contribution in [0.15, 0.2) is 18.2 Å². The standard InChI is InChI=1S/C20H24N4O5/c1-29-9-6-13-11-21-7-8-23(13)12-2-3-14-15(10-12)20(28)24(19(14)27)16-4-5-17(25)22-18(16)26/h2-3,10,13,16,21H,4-9,11H2,1H3,(H,22,25,26). The third-order valence-corrected chi connectivity index (χ3v) is 5.76. The van der Waals surface area contributed by atoms with Crippen molar-refractivity contribution in [3.05, 3.63) is 29.3 Å². The van der Waals surface area contributed by atoms with E-state index in [0.717, 1.165) is 36.6 Å². The molecule has 0 spiro atoms. The van der Waals surface area contributed by atoms with Crippen LogP contribution in [0.5, 0.6) is 0 Å². The van der Waals surface area contributed by atoms with Crippen LogP contribution in [-0.2, 0) is 14.3 Å². The lowest BCUT2D eigenvalue weighted by atomic mass is 10.0. The van der Waals surface area contributed by atoms with Gasteiger partial charge in [-0.05, 0) is 31.0 Å². The Morgan fingerprint density at radius 2 is 1.93 bits per heavy atom. The zero-order valence-electron chi connectivity index (χ0n) is 16.3. The highest BCUT2D eigenvalue weighted by atomic mass is 16.5. The summed E-state index contributed by atoms with van der Waals surface area (Å²) < 4.78 is 5.21. The Morgan fingerprint density at radius 3 is 2.69 bits per heavy atom. The average Bonchev–Trinajstić information content (AvgIpc) is 2.97. The molecule has 0 bridgehead atoms. The maximum Gasteiger partial charge on any atom is 0.262 e. The van der Waals surface area contributed by atoms with Gasteiger partial charge in [0.25, 0.3) is 11.8 Å². The van der Waals surface area contributed by atoms with Crippen molar-refractivity contribution in [3.8, 4) is 0 Å². The molecule has 3 heterocycles. The highest BCUT2D eigenvalue weighted by Gasteiger charge is 2.44. The van der Waals surface area contributed by atoms with Crippen molar-refractivity contribution >= 4 is 29.3 Å². The highest BCUT2D eigenvalue weighted by Crippen LogP contribution is 2.31. The van der Waals surface area contributed by atoms with E-state index in [4.69, 9.17) is 4.74 Å². The van der Waals surface area contributed by atoms with Crippen LogP contribution in [-0.4, -0.2) is 74.0 Å². The first-order chi connectivity index (χ1) is 14.0. The number of nitrogens with zero attached hydrogens (tertiary/aromatic N) is 2. The normalized spacial score (nSPS) is 24.7. The zero-order chi connectivity index (χ0) is 20.5. The van der Waals surface area contributed by atoms with Gasteiger partial charge in [0, 0.05) is 51.5 Å². The van der Waals surface area contributed by atoms with Crippen molar-refractivity contribution in [2.24, 2.45) is 0 Å². The van der Waals surface area contributed by atoms with Gasteiger partial charge in [-0.2, -0.15) is 0 Å². The van der Waals surface area contributed by atoms with Gasteiger partial charge in [0.05, 0.1) is 11.1 Å². The van der Waals surface area contributed by atoms with Gasteiger partial charge in [0.15, 0.2) is 0 Å². The molecule has 9 heteroatoms. The van der Waals surface area contributed by atoms with E-state index < -0.39 is 23.8 Å². The predicted octanol–water partition coefficient (Wildman–Crippen LogP) is -0.0975. The van der Waals surface area contributed by atoms with Crippen LogP contribution in [0.1, 0.15) is 40.0 Å². The predicted molar refractivity (Wildman–Crippen MR) is 104 cm³/mol. The lowest BCUT2D eigenvalue weighted by Gasteiger charge is -2.38. The monoisotopic (exact) mass is 400 g/mol. The first-order valence-corrected chi connectivity index (χ1v) is 9.83. The van der Waals surface area contributed by atoms with Crippen LogP contribution in [0.4, 0.5) is 5.69 Å². The minimum atomic E-state index is -0.947. The fourth-order valence-corrected chi connectivity index (χ4v) is 4.25. The van der Waals surface area contributed by atoms with Gasteiger partial charge in [-0.15, -0.1) is 0 Å². The van der Waals surface area contributed by atoms with Gasteiger partial charge in [-0.3, -0.25) is 29.4 Å². The van der Waals surface area contributed by atoms with E-state index in [1.54, 1.807) is 19.2 Å². The topological polar surface area (TPSA) is 108 Å². The Morgan fingerprint density at radius 1 is 1.14 bits per heavy atom. The van der Waals surface area contributed by atoms with Crippen molar-refractivity contribution in [2.45, 2.75) is 31.3 Å². The van der Waals surface area contributed by atoms with E-state index in [1.807, 2.05) is 6.07 Å². The maximum atomic E-state index is 13.0. The smallest absolute Gasteiger partial charge is 0.262 e. The lowest BCUT2D eigenvalue weighted by molar-refractivity contribution is -0.136. The molecule has 2 unspecified atom stereocenters. The number of carbonyl (C=O) groups excluding carboxylic acids is 4. The number of hydrogen-bond donors (Lipinski definition) is 2. The number of imide groups is 2. The molecule has 0 aromatic heterocycles. The number of piperazine rings is 1. The summed E-state index contributed by atoms with van der Waals surface area (Å²) in [7, 11) is 1.67. The van der Waals surface area contributed by atoms with Gasteiger partial charge < -0.3 is 15.0 Å². The van der Waals surface area contributed by atoms with Crippen molar-refractivity contribution in [2.75, 3.05) is 38.3 Å². The third-order valence-electron chi connectivity index (χ3n) is 5.76. The summed E-state index contributed by atoms with van der Waals surface area (Å²) >= 11 is 0. The molecule has 0 aliphatic carbocycles. The number of hydrogen-bond acceptors (Lipinski definition) is 7. The summed E-state index contributed by atoms with van der Waals surface area (Å²) in [4.78, 5) is 52.6. The number of fused-ring (bicyclic) bond motifs is 1. The number of methoxy groups -OCH3 is 1. The molecule has 2 N–H and O–H groups in total. The third kappa shape index (κ3) is 3.51. The van der Waals surface area contributed by atoms with Crippen molar-refractivity contribution in [3.63, 3.8) is 0 Å². The van der Waals surface area contributed by atoms with Crippen LogP contribution in [0.25, 0.3) is 0 Å². The number of piperidine rings is 1. The Kier molecular flexibility index (Phi) is 5.33. The molecule has 4 rings (SSSR count). The van der Waals surface area contributed by atoms with Gasteiger partial charge in [0.1, 0.15) is 6.04 Å². The van der Waals surface area contributed by atoms with Gasteiger partial charge in [0.2, 0.25) is 11.8 Å². The van der Waals surface area contributed by atoms with E-state index in [9.17, 15) is 19.2 Å². The molecule has 9 nitrogen and oxygen atoms in total. The van der Waals surface area contributed by atoms with Crippen LogP contribution in [0.3, 0.4) is 0 Å². The number of rotatable bonds is 5. The summed E-state index contributed by atoms with van der Waals surface area (Å²) in [5.74, 6) is -1.95. The van der Waals surface area contributed by atoms with Crippen molar-refractivity contribution in [1.29, 1.82) is 0 Å². The minimum Gasteiger partial charge on any atom is -0.385 e. The molecule has 0 saturated carbocycles. The summed E-state index contributed by atoms with van der Waals surface area (Å²) in [5, 5.41) is 5.58. The van der Waals surface area contributed by atoms with E-state index in [2.05, 4.69) is 15.5 Å². The fraction of sp³-hybridized carbons (Fsp3) is 0.500. The van der Waals surface area contributed by atoms with Crippen LogP contribution in [0.2, 0.25) is 0 Å². The van der Waals surface area contributed by atoms with Gasteiger partial charge in [-0.25, -0.2) is 0 Å². The molecule has 29 heavy (non-hydrogen) atoms. The number of anilines is 1. The quantitative estimate of drug-likeness (QED) is 0.665. The second kappa shape index (κ2) is 7.92. The molecule has 4 amide bonds. The maximum absolute atomic E-state index is 13.0. The first-order valence-electron chi connectivity index (χ1n) is 9.83. The molecule has 2 fully saturated rings. The van der Waals surface area contributed by atoms with Crippen molar-refractivity contribution in [1.82, 2.24) is 15.5 Å². The largest absolute Gasteiger partial charge is 0.385 e. The Balaban J connectivity index is 1.60.